The molecule has 0 amide bonds. The van der Waals surface area contributed by atoms with E-state index in [0.717, 1.165) is 64.4 Å². The van der Waals surface area contributed by atoms with E-state index in [1.807, 2.05) is 53.2 Å². The van der Waals surface area contributed by atoms with E-state index < -0.39 is 5.97 Å². The monoisotopic (exact) mass is 472 g/mol. The summed E-state index contributed by atoms with van der Waals surface area (Å²) in [5.41, 5.74) is 6.59. The van der Waals surface area contributed by atoms with Gasteiger partial charge in [-0.3, -0.25) is 0 Å². The van der Waals surface area contributed by atoms with Crippen LogP contribution < -0.4 is 0 Å². The fraction of sp³-hybridized carbons (Fsp3) is 0.143. The molecule has 4 aromatic rings. The van der Waals surface area contributed by atoms with Crippen molar-refractivity contribution >= 4 is 40.4 Å². The molecule has 1 fully saturated rings. The normalized spacial score (nSPS) is 14.9. The average molecular weight is 473 g/mol. The third-order valence-corrected chi connectivity index (χ3v) is 6.61. The van der Waals surface area contributed by atoms with Crippen molar-refractivity contribution in [2.45, 2.75) is 19.3 Å². The van der Waals surface area contributed by atoms with Gasteiger partial charge in [0.2, 0.25) is 0 Å². The Morgan fingerprint density at radius 1 is 1.09 bits per heavy atom. The van der Waals surface area contributed by atoms with E-state index in [1.165, 1.54) is 12.1 Å². The first kappa shape index (κ1) is 22.1. The molecule has 0 aliphatic heterocycles. The first-order chi connectivity index (χ1) is 16.5. The van der Waals surface area contributed by atoms with Crippen LogP contribution in [-0.4, -0.2) is 20.5 Å². The number of aromatic nitrogens is 2. The predicted molar refractivity (Wildman–Crippen MR) is 133 cm³/mol. The van der Waals surface area contributed by atoms with Gasteiger partial charge in [-0.2, -0.15) is 0 Å². The molecule has 1 N–H and O–H groups in total. The summed E-state index contributed by atoms with van der Waals surface area (Å²) in [6.45, 7) is 0. The van der Waals surface area contributed by atoms with Crippen molar-refractivity contribution in [3.05, 3.63) is 112 Å². The van der Waals surface area contributed by atoms with Crippen molar-refractivity contribution in [1.29, 1.82) is 0 Å². The molecule has 2 aromatic heterocycles. The summed E-state index contributed by atoms with van der Waals surface area (Å²) in [5, 5.41) is 9.33. The van der Waals surface area contributed by atoms with Crippen LogP contribution in [-0.2, 0) is 4.79 Å². The Balaban J connectivity index is 1.75. The highest BCUT2D eigenvalue weighted by Gasteiger charge is 2.28. The zero-order valence-electron chi connectivity index (χ0n) is 18.3. The van der Waals surface area contributed by atoms with Crippen LogP contribution >= 0.6 is 11.6 Å². The number of rotatable bonds is 6. The zero-order chi connectivity index (χ0) is 23.7. The van der Waals surface area contributed by atoms with E-state index >= 15 is 0 Å². The number of nitrogens with zero attached hydrogens (tertiary/aromatic N) is 2. The van der Waals surface area contributed by atoms with Crippen molar-refractivity contribution in [3.8, 4) is 0 Å². The van der Waals surface area contributed by atoms with Crippen LogP contribution in [0.1, 0.15) is 41.5 Å². The highest BCUT2D eigenvalue weighted by atomic mass is 35.5. The van der Waals surface area contributed by atoms with Gasteiger partial charge in [0.1, 0.15) is 11.5 Å². The van der Waals surface area contributed by atoms with Gasteiger partial charge < -0.3 is 9.51 Å². The molecule has 0 unspecified atom stereocenters. The lowest BCUT2D eigenvalue weighted by Crippen LogP contribution is -2.15. The van der Waals surface area contributed by atoms with E-state index in [9.17, 15) is 9.18 Å². The molecule has 0 atom stereocenters. The lowest BCUT2D eigenvalue weighted by atomic mass is 9.73. The van der Waals surface area contributed by atoms with Gasteiger partial charge in [0.15, 0.2) is 0 Å². The summed E-state index contributed by atoms with van der Waals surface area (Å²) in [7, 11) is 0. The number of benzene rings is 2. The summed E-state index contributed by atoms with van der Waals surface area (Å²) < 4.78 is 15.9. The quantitative estimate of drug-likeness (QED) is 0.243. The molecule has 5 rings (SSSR count). The van der Waals surface area contributed by atoms with E-state index in [2.05, 4.69) is 4.98 Å². The molecule has 0 spiro atoms. The van der Waals surface area contributed by atoms with Crippen molar-refractivity contribution in [2.24, 2.45) is 5.92 Å². The average Bonchev–Trinajstić information content (AvgIpc) is 3.25. The second-order valence-corrected chi connectivity index (χ2v) is 8.85. The van der Waals surface area contributed by atoms with Gasteiger partial charge in [-0.15, -0.1) is 0 Å². The smallest absolute Gasteiger partial charge is 0.328 e. The summed E-state index contributed by atoms with van der Waals surface area (Å²) in [5.74, 6) is -1.04. The number of carboxylic acid groups (broad SMARTS) is 1. The molecule has 1 saturated carbocycles. The fourth-order valence-corrected chi connectivity index (χ4v) is 4.71. The van der Waals surface area contributed by atoms with Crippen molar-refractivity contribution in [1.82, 2.24) is 9.38 Å². The van der Waals surface area contributed by atoms with Crippen molar-refractivity contribution in [2.75, 3.05) is 0 Å². The van der Waals surface area contributed by atoms with Gasteiger partial charge in [-0.25, -0.2) is 14.2 Å². The Kier molecular flexibility index (Phi) is 6.03. The maximum absolute atomic E-state index is 13.9. The molecule has 34 heavy (non-hydrogen) atoms. The van der Waals surface area contributed by atoms with Gasteiger partial charge in [0.05, 0.1) is 5.02 Å². The van der Waals surface area contributed by atoms with Crippen LogP contribution in [0.15, 0.2) is 79.3 Å². The molecule has 0 radical (unpaired) electrons. The Morgan fingerprint density at radius 2 is 1.85 bits per heavy atom. The minimum absolute atomic E-state index is 0.308. The largest absolute Gasteiger partial charge is 0.478 e. The Hall–Kier alpha value is -3.70. The number of allylic oxidation sites excluding steroid dienone is 1. The fourth-order valence-electron chi connectivity index (χ4n) is 4.44. The van der Waals surface area contributed by atoms with E-state index in [0.29, 0.717) is 10.9 Å². The molecule has 0 saturated heterocycles. The molecule has 2 heterocycles. The number of carboxylic acids is 1. The highest BCUT2D eigenvalue weighted by molar-refractivity contribution is 6.32. The third kappa shape index (κ3) is 4.39. The minimum atomic E-state index is -0.989. The lowest BCUT2D eigenvalue weighted by molar-refractivity contribution is -0.131. The molecule has 6 heteroatoms. The summed E-state index contributed by atoms with van der Waals surface area (Å²) >= 11 is 6.59. The number of aliphatic carboxylic acids is 1. The van der Waals surface area contributed by atoms with Gasteiger partial charge in [0, 0.05) is 24.7 Å². The van der Waals surface area contributed by atoms with Gasteiger partial charge in [0.25, 0.3) is 0 Å². The second-order valence-electron chi connectivity index (χ2n) is 8.44. The maximum atomic E-state index is 13.9. The van der Waals surface area contributed by atoms with Crippen LogP contribution in [0, 0.1) is 11.7 Å². The minimum Gasteiger partial charge on any atom is -0.478 e. The van der Waals surface area contributed by atoms with E-state index in [1.54, 1.807) is 18.3 Å². The Bertz CT molecular complexity index is 1430. The van der Waals surface area contributed by atoms with Gasteiger partial charge >= 0.3 is 5.97 Å². The maximum Gasteiger partial charge on any atom is 0.328 e. The highest BCUT2D eigenvalue weighted by Crippen LogP contribution is 2.46. The molecular formula is C28H22ClFN2O2. The molecular weight excluding hydrogens is 451 g/mol. The molecule has 1 aliphatic carbocycles. The van der Waals surface area contributed by atoms with E-state index in [-0.39, 0.29) is 5.82 Å². The van der Waals surface area contributed by atoms with E-state index in [4.69, 9.17) is 16.7 Å². The van der Waals surface area contributed by atoms with Gasteiger partial charge in [-0.05, 0) is 82.5 Å². The number of halogens is 2. The van der Waals surface area contributed by atoms with Crippen LogP contribution in [0.3, 0.4) is 0 Å². The first-order valence-electron chi connectivity index (χ1n) is 11.1. The Morgan fingerprint density at radius 3 is 2.53 bits per heavy atom. The number of hydrogen-bond donors (Lipinski definition) is 1. The molecule has 1 aliphatic rings. The third-order valence-electron chi connectivity index (χ3n) is 6.30. The summed E-state index contributed by atoms with van der Waals surface area (Å²) in [4.78, 5) is 15.2. The first-order valence-corrected chi connectivity index (χ1v) is 11.5. The predicted octanol–water partition coefficient (Wildman–Crippen LogP) is 6.98. The molecule has 2 aromatic carbocycles. The van der Waals surface area contributed by atoms with Crippen LogP contribution in [0.5, 0.6) is 0 Å². The van der Waals surface area contributed by atoms with Crippen LogP contribution in [0.4, 0.5) is 4.39 Å². The number of imidazole rings is 1. The number of hydrogen-bond acceptors (Lipinski definition) is 2. The topological polar surface area (TPSA) is 54.6 Å². The van der Waals surface area contributed by atoms with Crippen LogP contribution in [0.25, 0.3) is 22.9 Å². The van der Waals surface area contributed by atoms with Crippen LogP contribution in [0.2, 0.25) is 5.02 Å². The summed E-state index contributed by atoms with van der Waals surface area (Å²) in [6, 6.07) is 16.4. The zero-order valence-corrected chi connectivity index (χ0v) is 19.0. The van der Waals surface area contributed by atoms with Crippen molar-refractivity contribution < 1.29 is 14.3 Å². The number of pyridine rings is 1. The SMILES string of the molecule is O=C(O)/C=C/c1ccc(/C(=C(\c2ccc(F)cc2Cl)C2CCC2)c2ccc3nccn3c2)cc1. The lowest BCUT2D eigenvalue weighted by Gasteiger charge is -2.32. The van der Waals surface area contributed by atoms with Gasteiger partial charge in [-0.1, -0.05) is 48.4 Å². The second kappa shape index (κ2) is 9.27. The summed E-state index contributed by atoms with van der Waals surface area (Å²) in [6.07, 6.45) is 11.6. The Labute approximate surface area is 201 Å². The molecule has 4 nitrogen and oxygen atoms in total. The number of fused-ring (bicyclic) bond motifs is 1. The molecule has 0 bridgehead atoms. The standard InChI is InChI=1S/C28H22ClFN2O2/c29-24-16-22(30)10-11-23(24)28(19-2-1-3-19)27(21-9-12-25-31-14-15-32(25)17-21)20-7-4-18(5-8-20)6-13-26(33)34/h4-17,19H,1-3H2,(H,33,34)/b13-6+,28-27+. The molecule has 170 valence electrons. The number of carbonyl (C=O) groups is 1. The van der Waals surface area contributed by atoms with Crippen molar-refractivity contribution in [3.63, 3.8) is 0 Å².